The van der Waals surface area contributed by atoms with Crippen molar-refractivity contribution in [1.82, 2.24) is 0 Å². The van der Waals surface area contributed by atoms with Crippen LogP contribution in [0, 0.1) is 0 Å². The number of benzene rings is 4. The van der Waals surface area contributed by atoms with Crippen LogP contribution in [0.5, 0.6) is 0 Å². The van der Waals surface area contributed by atoms with E-state index in [1.165, 1.54) is 49.4 Å². The van der Waals surface area contributed by atoms with Crippen LogP contribution in [0.2, 0.25) is 0 Å². The van der Waals surface area contributed by atoms with Crippen LogP contribution in [0.4, 0.5) is 0 Å². The van der Waals surface area contributed by atoms with Gasteiger partial charge in [0.25, 0.3) is 0 Å². The normalized spacial score (nSPS) is 11.0. The van der Waals surface area contributed by atoms with Crippen molar-refractivity contribution in [3.05, 3.63) is 133 Å². The second kappa shape index (κ2) is 11.3. The molecule has 4 aromatic carbocycles. The van der Waals surface area contributed by atoms with Crippen LogP contribution in [0.3, 0.4) is 0 Å². The summed E-state index contributed by atoms with van der Waals surface area (Å²) in [4.78, 5) is 2.54. The van der Waals surface area contributed by atoms with Crippen LogP contribution in [0.25, 0.3) is 11.1 Å². The number of hydrogen-bond acceptors (Lipinski definition) is 4. The molecule has 0 bridgehead atoms. The molecule has 0 unspecified atom stereocenters. The van der Waals surface area contributed by atoms with E-state index in [2.05, 4.69) is 102 Å². The lowest BCUT2D eigenvalue weighted by Crippen LogP contribution is -2.03. The van der Waals surface area contributed by atoms with E-state index in [0.29, 0.717) is 0 Å². The van der Waals surface area contributed by atoms with Crippen molar-refractivity contribution < 1.29 is 13.0 Å². The van der Waals surface area contributed by atoms with Crippen LogP contribution in [-0.4, -0.2) is 13.0 Å². The summed E-state index contributed by atoms with van der Waals surface area (Å²) in [7, 11) is -4.33. The fourth-order valence-electron chi connectivity index (χ4n) is 3.34. The Hall–Kier alpha value is -3.16. The van der Waals surface area contributed by atoms with Gasteiger partial charge in [-0.15, -0.1) is 0 Å². The van der Waals surface area contributed by atoms with Gasteiger partial charge in [0.15, 0.2) is 9.79 Å². The Labute approximate surface area is 207 Å². The largest absolute Gasteiger partial charge is 0.744 e. The first-order valence-corrected chi connectivity index (χ1v) is 14.0. The third kappa shape index (κ3) is 6.04. The maximum absolute atomic E-state index is 10.3. The minimum absolute atomic E-state index is 0.0770. The summed E-state index contributed by atoms with van der Waals surface area (Å²) in [5.74, 6) is 0. The quantitative estimate of drug-likeness (QED) is 0.190. The van der Waals surface area contributed by atoms with Gasteiger partial charge in [-0.1, -0.05) is 96.3 Å². The summed E-state index contributed by atoms with van der Waals surface area (Å²) in [5, 5.41) is 2.21. The highest BCUT2D eigenvalue weighted by molar-refractivity contribution is 7.99. The molecule has 3 nitrogen and oxygen atoms in total. The standard InChI is InChI=1S/C22H17S2.C6H6O3S/c1-4-10-18(11-5-1)21-16-17-23-22(21)24(19-12-6-2-7-13-19)20-14-8-3-9-15-20;7-10(8,9)6-4-2-1-3-5-6/h1-17H;1-5H,(H,7,8,9)/q+1;/p-1. The third-order valence-electron chi connectivity index (χ3n) is 4.89. The van der Waals surface area contributed by atoms with E-state index in [1.54, 1.807) is 6.07 Å². The van der Waals surface area contributed by atoms with E-state index in [9.17, 15) is 13.0 Å². The van der Waals surface area contributed by atoms with Gasteiger partial charge in [-0.2, -0.15) is 0 Å². The Bertz CT molecular complexity index is 1360. The minimum atomic E-state index is -4.25. The molecule has 0 fully saturated rings. The van der Waals surface area contributed by atoms with Gasteiger partial charge in [0.1, 0.15) is 21.0 Å². The van der Waals surface area contributed by atoms with Crippen molar-refractivity contribution in [2.75, 3.05) is 0 Å². The van der Waals surface area contributed by atoms with E-state index in [4.69, 9.17) is 0 Å². The molecule has 0 N–H and O–H groups in total. The van der Waals surface area contributed by atoms with Crippen molar-refractivity contribution >= 4 is 32.3 Å². The molecule has 0 radical (unpaired) electrons. The van der Waals surface area contributed by atoms with E-state index in [-0.39, 0.29) is 15.8 Å². The first kappa shape index (κ1) is 24.0. The van der Waals surface area contributed by atoms with Crippen LogP contribution in [-0.2, 0) is 21.0 Å². The molecule has 0 saturated heterocycles. The Morgan fingerprint density at radius 1 is 0.588 bits per heavy atom. The van der Waals surface area contributed by atoms with E-state index in [1.807, 2.05) is 11.3 Å². The van der Waals surface area contributed by atoms with E-state index >= 15 is 0 Å². The highest BCUT2D eigenvalue weighted by Crippen LogP contribution is 2.40. The summed E-state index contributed by atoms with van der Waals surface area (Å²) in [6.45, 7) is 0. The molecular weight excluding hydrogens is 481 g/mol. The fraction of sp³-hybridized carbons (Fsp3) is 0. The van der Waals surface area contributed by atoms with Crippen molar-refractivity contribution in [2.24, 2.45) is 0 Å². The first-order chi connectivity index (χ1) is 16.5. The summed E-state index contributed by atoms with van der Waals surface area (Å²) >= 11 is 1.85. The van der Waals surface area contributed by atoms with E-state index in [0.717, 1.165) is 0 Å². The summed E-state index contributed by atoms with van der Waals surface area (Å²) in [6.07, 6.45) is 0. The van der Waals surface area contributed by atoms with Crippen molar-refractivity contribution in [3.63, 3.8) is 0 Å². The molecular formula is C28H22O3S3. The van der Waals surface area contributed by atoms with Gasteiger partial charge in [0, 0.05) is 5.56 Å². The Morgan fingerprint density at radius 3 is 1.47 bits per heavy atom. The zero-order valence-electron chi connectivity index (χ0n) is 18.2. The van der Waals surface area contributed by atoms with Crippen LogP contribution >= 0.6 is 11.3 Å². The molecule has 34 heavy (non-hydrogen) atoms. The molecule has 0 atom stereocenters. The zero-order valence-corrected chi connectivity index (χ0v) is 20.6. The minimum Gasteiger partial charge on any atom is -0.744 e. The predicted molar refractivity (Wildman–Crippen MR) is 139 cm³/mol. The maximum Gasteiger partial charge on any atom is 0.228 e. The molecule has 0 aliphatic heterocycles. The molecule has 0 saturated carbocycles. The summed E-state index contributed by atoms with van der Waals surface area (Å²) in [5.41, 5.74) is 2.63. The molecule has 5 aromatic rings. The van der Waals surface area contributed by atoms with Gasteiger partial charge in [-0.05, 0) is 53.4 Å². The van der Waals surface area contributed by atoms with Crippen LogP contribution in [0.15, 0.2) is 152 Å². The smallest absolute Gasteiger partial charge is 0.228 e. The Morgan fingerprint density at radius 2 is 1.03 bits per heavy atom. The highest BCUT2D eigenvalue weighted by Gasteiger charge is 2.32. The van der Waals surface area contributed by atoms with Gasteiger partial charge in [-0.3, -0.25) is 0 Å². The molecule has 0 amide bonds. The monoisotopic (exact) mass is 502 g/mol. The molecule has 1 heterocycles. The van der Waals surface area contributed by atoms with Gasteiger partial charge >= 0.3 is 0 Å². The van der Waals surface area contributed by atoms with Gasteiger partial charge in [-0.25, -0.2) is 8.42 Å². The van der Waals surface area contributed by atoms with Crippen LogP contribution in [0.1, 0.15) is 0 Å². The van der Waals surface area contributed by atoms with Crippen molar-refractivity contribution in [1.29, 1.82) is 0 Å². The Kier molecular flexibility index (Phi) is 7.98. The molecule has 170 valence electrons. The van der Waals surface area contributed by atoms with Gasteiger partial charge in [0.05, 0.1) is 4.90 Å². The van der Waals surface area contributed by atoms with Gasteiger partial charge in [0.2, 0.25) is 4.21 Å². The van der Waals surface area contributed by atoms with Gasteiger partial charge < -0.3 is 4.55 Å². The number of rotatable bonds is 5. The predicted octanol–water partition coefficient (Wildman–Crippen LogP) is 7.10. The SMILES string of the molecule is O=S(=O)([O-])c1ccccc1.c1ccc(-c2ccsc2[S+](c2ccccc2)c2ccccc2)cc1. The van der Waals surface area contributed by atoms with Crippen molar-refractivity contribution in [2.45, 2.75) is 18.9 Å². The molecule has 0 aliphatic carbocycles. The van der Waals surface area contributed by atoms with E-state index < -0.39 is 10.1 Å². The fourth-order valence-corrected chi connectivity index (χ4v) is 7.56. The molecule has 6 heteroatoms. The molecule has 5 rings (SSSR count). The second-order valence-electron chi connectivity index (χ2n) is 7.19. The summed E-state index contributed by atoms with van der Waals surface area (Å²) in [6, 6.07) is 41.8. The lowest BCUT2D eigenvalue weighted by molar-refractivity contribution is 0.463. The number of thiophene rings is 1. The maximum atomic E-state index is 10.3. The second-order valence-corrected chi connectivity index (χ2v) is 11.7. The topological polar surface area (TPSA) is 57.2 Å². The average molecular weight is 503 g/mol. The summed E-state index contributed by atoms with van der Waals surface area (Å²) < 4.78 is 32.3. The molecule has 0 spiro atoms. The lowest BCUT2D eigenvalue weighted by atomic mass is 10.1. The van der Waals surface area contributed by atoms with Crippen LogP contribution < -0.4 is 0 Å². The molecule has 1 aromatic heterocycles. The Balaban J connectivity index is 0.000000231. The number of hydrogen-bond donors (Lipinski definition) is 0. The zero-order chi connectivity index (χ0) is 23.8. The first-order valence-electron chi connectivity index (χ1n) is 10.5. The lowest BCUT2D eigenvalue weighted by Gasteiger charge is -2.08. The molecule has 0 aliphatic rings. The third-order valence-corrected chi connectivity index (χ3v) is 9.31. The highest BCUT2D eigenvalue weighted by atomic mass is 32.2. The van der Waals surface area contributed by atoms with Crippen molar-refractivity contribution in [3.8, 4) is 11.1 Å². The average Bonchev–Trinajstić information content (AvgIpc) is 3.36.